The third-order valence-electron chi connectivity index (χ3n) is 2.41. The van der Waals surface area contributed by atoms with Crippen molar-refractivity contribution in [3.05, 3.63) is 36.3 Å². The average molecular weight is 230 g/mol. The summed E-state index contributed by atoms with van der Waals surface area (Å²) in [4.78, 5) is 8.01. The number of H-pyrrole nitrogens is 1. The van der Waals surface area contributed by atoms with Gasteiger partial charge in [0.15, 0.2) is 0 Å². The van der Waals surface area contributed by atoms with E-state index in [0.29, 0.717) is 17.1 Å². The number of nitrogens with zero attached hydrogens (tertiary/aromatic N) is 3. The van der Waals surface area contributed by atoms with Crippen molar-refractivity contribution >= 4 is 12.2 Å². The van der Waals surface area contributed by atoms with Gasteiger partial charge >= 0.3 is 0 Å². The van der Waals surface area contributed by atoms with E-state index in [0.717, 1.165) is 0 Å². The quantitative estimate of drug-likeness (QED) is 0.648. The van der Waals surface area contributed by atoms with Crippen LogP contribution in [0.1, 0.15) is 5.56 Å². The van der Waals surface area contributed by atoms with E-state index in [1.54, 1.807) is 30.7 Å². The van der Waals surface area contributed by atoms with Crippen LogP contribution in [-0.4, -0.2) is 21.5 Å². The number of nitrogens with two attached hydrogens (primary N) is 1. The molecule has 0 aliphatic carbocycles. The van der Waals surface area contributed by atoms with Gasteiger partial charge in [-0.2, -0.15) is 5.10 Å². The van der Waals surface area contributed by atoms with Gasteiger partial charge in [-0.3, -0.25) is 15.8 Å². The van der Waals surface area contributed by atoms with E-state index in [1.165, 1.54) is 6.34 Å². The van der Waals surface area contributed by atoms with E-state index < -0.39 is 5.85 Å². The fraction of sp³-hybridized carbons (Fsp3) is 0.100. The molecule has 2 aromatic heterocycles. The molecule has 1 aliphatic heterocycles. The zero-order chi connectivity index (χ0) is 11.7. The van der Waals surface area contributed by atoms with E-state index in [1.807, 2.05) is 0 Å². The maximum atomic E-state index is 6.11. The van der Waals surface area contributed by atoms with Crippen molar-refractivity contribution < 1.29 is 4.74 Å². The van der Waals surface area contributed by atoms with E-state index in [2.05, 4.69) is 25.5 Å². The standard InChI is InChI=1S/C10H10N6O/c11-10(17-7-1-3-12-4-2-7)8-5-15-16-9(8)13-6-14-10/h1-6H,11H2,(H2,13,14,15,16). The number of nitrogens with one attached hydrogen (secondary N) is 2. The highest BCUT2D eigenvalue weighted by molar-refractivity contribution is 5.78. The Bertz CT molecular complexity index is 551. The molecule has 4 N–H and O–H groups in total. The van der Waals surface area contributed by atoms with E-state index >= 15 is 0 Å². The van der Waals surface area contributed by atoms with Gasteiger partial charge in [-0.1, -0.05) is 0 Å². The molecule has 1 unspecified atom stereocenters. The SMILES string of the molecule is NC1(Oc2ccncc2)N=CNc2[nH]ncc21. The zero-order valence-electron chi connectivity index (χ0n) is 8.79. The van der Waals surface area contributed by atoms with Crippen molar-refractivity contribution in [3.63, 3.8) is 0 Å². The molecule has 0 saturated carbocycles. The molecule has 2 aromatic rings. The molecule has 1 aliphatic rings. The maximum absolute atomic E-state index is 6.11. The van der Waals surface area contributed by atoms with Gasteiger partial charge in [0.05, 0.1) is 18.1 Å². The zero-order valence-corrected chi connectivity index (χ0v) is 8.79. The van der Waals surface area contributed by atoms with Crippen molar-refractivity contribution in [2.24, 2.45) is 10.7 Å². The molecule has 1 atom stereocenters. The predicted octanol–water partition coefficient (Wildman–Crippen LogP) is 0.406. The first-order valence-corrected chi connectivity index (χ1v) is 5.00. The van der Waals surface area contributed by atoms with Crippen molar-refractivity contribution in [1.82, 2.24) is 15.2 Å². The Morgan fingerprint density at radius 3 is 2.94 bits per heavy atom. The lowest BCUT2D eigenvalue weighted by atomic mass is 10.2. The number of hydrogen-bond acceptors (Lipinski definition) is 6. The number of aromatic nitrogens is 3. The highest BCUT2D eigenvalue weighted by Gasteiger charge is 2.35. The van der Waals surface area contributed by atoms with Gasteiger partial charge in [0.2, 0.25) is 0 Å². The van der Waals surface area contributed by atoms with E-state index in [4.69, 9.17) is 10.5 Å². The maximum Gasteiger partial charge on any atom is 0.289 e. The number of ether oxygens (including phenoxy) is 1. The molecule has 3 heterocycles. The highest BCUT2D eigenvalue weighted by atomic mass is 16.5. The van der Waals surface area contributed by atoms with Gasteiger partial charge in [-0.15, -0.1) is 0 Å². The minimum absolute atomic E-state index is 0.591. The van der Waals surface area contributed by atoms with Crippen LogP contribution in [0.4, 0.5) is 5.82 Å². The van der Waals surface area contributed by atoms with E-state index in [-0.39, 0.29) is 0 Å². The summed E-state index contributed by atoms with van der Waals surface area (Å²) in [5.41, 5.74) is 6.76. The van der Waals surface area contributed by atoms with Gasteiger partial charge in [0, 0.05) is 12.4 Å². The van der Waals surface area contributed by atoms with Crippen molar-refractivity contribution in [1.29, 1.82) is 0 Å². The van der Waals surface area contributed by atoms with Gasteiger partial charge in [0.25, 0.3) is 5.85 Å². The number of hydrogen-bond donors (Lipinski definition) is 3. The largest absolute Gasteiger partial charge is 0.449 e. The molecular weight excluding hydrogens is 220 g/mol. The molecule has 0 radical (unpaired) electrons. The average Bonchev–Trinajstić information content (AvgIpc) is 2.80. The van der Waals surface area contributed by atoms with Crippen LogP contribution in [-0.2, 0) is 5.85 Å². The third-order valence-corrected chi connectivity index (χ3v) is 2.41. The second-order valence-corrected chi connectivity index (χ2v) is 3.54. The topological polar surface area (TPSA) is 101 Å². The number of rotatable bonds is 2. The van der Waals surface area contributed by atoms with Gasteiger partial charge in [-0.05, 0) is 12.1 Å². The molecule has 0 saturated heterocycles. The Labute approximate surface area is 96.7 Å². The van der Waals surface area contributed by atoms with Crippen molar-refractivity contribution in [2.75, 3.05) is 5.32 Å². The fourth-order valence-electron chi connectivity index (χ4n) is 1.60. The summed E-state index contributed by atoms with van der Waals surface area (Å²) >= 11 is 0. The molecule has 86 valence electrons. The van der Waals surface area contributed by atoms with Crippen LogP contribution in [0.25, 0.3) is 0 Å². The van der Waals surface area contributed by atoms with Crippen LogP contribution in [0.3, 0.4) is 0 Å². The number of aliphatic imine (C=N–C) groups is 1. The Morgan fingerprint density at radius 2 is 2.12 bits per heavy atom. The molecule has 0 amide bonds. The summed E-state index contributed by atoms with van der Waals surface area (Å²) in [5.74, 6) is -0.000156. The van der Waals surface area contributed by atoms with Crippen LogP contribution in [0.2, 0.25) is 0 Å². The molecule has 7 nitrogen and oxygen atoms in total. The number of pyridine rings is 1. The van der Waals surface area contributed by atoms with Crippen molar-refractivity contribution in [3.8, 4) is 5.75 Å². The lowest BCUT2D eigenvalue weighted by molar-refractivity contribution is 0.0838. The molecule has 0 bridgehead atoms. The monoisotopic (exact) mass is 230 g/mol. The summed E-state index contributed by atoms with van der Waals surface area (Å²) < 4.78 is 5.67. The Hall–Kier alpha value is -2.41. The summed E-state index contributed by atoms with van der Waals surface area (Å²) in [6, 6.07) is 3.43. The number of aromatic amines is 1. The Morgan fingerprint density at radius 1 is 1.29 bits per heavy atom. The van der Waals surface area contributed by atoms with E-state index in [9.17, 15) is 0 Å². The normalized spacial score (nSPS) is 21.7. The molecule has 0 aromatic carbocycles. The minimum atomic E-state index is -1.27. The third kappa shape index (κ3) is 1.62. The molecule has 17 heavy (non-hydrogen) atoms. The molecule has 3 rings (SSSR count). The lowest BCUT2D eigenvalue weighted by Gasteiger charge is -2.28. The molecule has 0 fully saturated rings. The van der Waals surface area contributed by atoms with Crippen LogP contribution >= 0.6 is 0 Å². The number of anilines is 1. The summed E-state index contributed by atoms with van der Waals surface area (Å²) in [5, 5.41) is 9.58. The molecule has 0 spiro atoms. The van der Waals surface area contributed by atoms with Crippen LogP contribution in [0.5, 0.6) is 5.75 Å². The lowest BCUT2D eigenvalue weighted by Crippen LogP contribution is -2.43. The summed E-state index contributed by atoms with van der Waals surface area (Å²) in [6.45, 7) is 0. The second-order valence-electron chi connectivity index (χ2n) is 3.54. The summed E-state index contributed by atoms with van der Waals surface area (Å²) in [6.07, 6.45) is 6.31. The van der Waals surface area contributed by atoms with Gasteiger partial charge in [-0.25, -0.2) is 4.99 Å². The summed E-state index contributed by atoms with van der Waals surface area (Å²) in [7, 11) is 0. The van der Waals surface area contributed by atoms with Gasteiger partial charge in [0.1, 0.15) is 11.6 Å². The first-order valence-electron chi connectivity index (χ1n) is 5.00. The molecule has 7 heteroatoms. The van der Waals surface area contributed by atoms with Crippen LogP contribution < -0.4 is 15.8 Å². The van der Waals surface area contributed by atoms with Gasteiger partial charge < -0.3 is 10.1 Å². The smallest absolute Gasteiger partial charge is 0.289 e. The van der Waals surface area contributed by atoms with Crippen LogP contribution in [0, 0.1) is 0 Å². The fourth-order valence-corrected chi connectivity index (χ4v) is 1.60. The number of fused-ring (bicyclic) bond motifs is 1. The van der Waals surface area contributed by atoms with Crippen molar-refractivity contribution in [2.45, 2.75) is 5.85 Å². The second kappa shape index (κ2) is 3.56. The Balaban J connectivity index is 1.97. The Kier molecular flexibility index (Phi) is 2.05. The molecular formula is C10H10N6O. The minimum Gasteiger partial charge on any atom is -0.449 e. The first kappa shape index (κ1) is 9.79. The highest BCUT2D eigenvalue weighted by Crippen LogP contribution is 2.30. The van der Waals surface area contributed by atoms with Crippen LogP contribution in [0.15, 0.2) is 35.7 Å². The first-order chi connectivity index (χ1) is 8.28. The predicted molar refractivity (Wildman–Crippen MR) is 61.4 cm³/mol.